The molecule has 1 saturated heterocycles. The number of anilines is 1. The van der Waals surface area contributed by atoms with E-state index in [0.717, 1.165) is 6.42 Å². The molecule has 0 saturated carbocycles. The van der Waals surface area contributed by atoms with Gasteiger partial charge in [-0.25, -0.2) is 4.39 Å². The van der Waals surface area contributed by atoms with E-state index in [-0.39, 0.29) is 5.82 Å². The third-order valence-corrected chi connectivity index (χ3v) is 4.58. The molecule has 0 aromatic heterocycles. The first-order chi connectivity index (χ1) is 7.66. The summed E-state index contributed by atoms with van der Waals surface area (Å²) in [7, 11) is 0. The van der Waals surface area contributed by atoms with E-state index >= 15 is 0 Å². The molecule has 1 aromatic rings. The molecular formula is C12H15ClFNS. The van der Waals surface area contributed by atoms with Crippen LogP contribution < -0.4 is 5.32 Å². The van der Waals surface area contributed by atoms with Crippen molar-refractivity contribution in [3.05, 3.63) is 29.0 Å². The smallest absolute Gasteiger partial charge is 0.125 e. The molecule has 1 fully saturated rings. The maximum Gasteiger partial charge on any atom is 0.125 e. The van der Waals surface area contributed by atoms with Gasteiger partial charge in [-0.3, -0.25) is 0 Å². The van der Waals surface area contributed by atoms with E-state index < -0.39 is 0 Å². The fourth-order valence-corrected chi connectivity index (χ4v) is 3.23. The topological polar surface area (TPSA) is 12.0 Å². The maximum absolute atomic E-state index is 13.1. The summed E-state index contributed by atoms with van der Waals surface area (Å²) in [6.07, 6.45) is 2.33. The van der Waals surface area contributed by atoms with Gasteiger partial charge in [0.05, 0.1) is 10.7 Å². The fraction of sp³-hybridized carbons (Fsp3) is 0.500. The van der Waals surface area contributed by atoms with Crippen molar-refractivity contribution in [1.29, 1.82) is 0 Å². The highest BCUT2D eigenvalue weighted by molar-refractivity contribution is 8.00. The lowest BCUT2D eigenvalue weighted by Gasteiger charge is -2.30. The zero-order valence-electron chi connectivity index (χ0n) is 9.17. The molecule has 2 unspecified atom stereocenters. The number of thioether (sulfide) groups is 1. The maximum atomic E-state index is 13.1. The highest BCUT2D eigenvalue weighted by Crippen LogP contribution is 2.30. The van der Waals surface area contributed by atoms with Crippen molar-refractivity contribution in [1.82, 2.24) is 0 Å². The Balaban J connectivity index is 2.10. The zero-order chi connectivity index (χ0) is 11.5. The van der Waals surface area contributed by atoms with Gasteiger partial charge in [0, 0.05) is 11.3 Å². The number of nitrogens with one attached hydrogen (secondary N) is 1. The minimum atomic E-state index is -0.247. The van der Waals surface area contributed by atoms with E-state index in [1.807, 2.05) is 11.8 Å². The van der Waals surface area contributed by atoms with Crippen LogP contribution in [0.15, 0.2) is 18.2 Å². The second kappa shape index (κ2) is 5.28. The summed E-state index contributed by atoms with van der Waals surface area (Å²) < 4.78 is 13.1. The Morgan fingerprint density at radius 1 is 1.50 bits per heavy atom. The van der Waals surface area contributed by atoms with Crippen LogP contribution in [-0.4, -0.2) is 17.0 Å². The Labute approximate surface area is 105 Å². The molecule has 1 nitrogen and oxygen atoms in total. The Hall–Kier alpha value is -0.410. The third-order valence-electron chi connectivity index (χ3n) is 2.88. The van der Waals surface area contributed by atoms with Crippen molar-refractivity contribution in [2.24, 2.45) is 0 Å². The largest absolute Gasteiger partial charge is 0.380 e. The Morgan fingerprint density at radius 2 is 2.31 bits per heavy atom. The molecule has 2 rings (SSSR count). The van der Waals surface area contributed by atoms with Gasteiger partial charge < -0.3 is 5.32 Å². The minimum Gasteiger partial charge on any atom is -0.380 e. The second-order valence-corrected chi connectivity index (χ2v) is 5.99. The molecule has 1 heterocycles. The lowest BCUT2D eigenvalue weighted by Crippen LogP contribution is -2.32. The van der Waals surface area contributed by atoms with Gasteiger partial charge in [-0.1, -0.05) is 18.5 Å². The molecule has 2 atom stereocenters. The van der Waals surface area contributed by atoms with Crippen molar-refractivity contribution in [2.75, 3.05) is 11.1 Å². The van der Waals surface area contributed by atoms with Crippen LogP contribution >= 0.6 is 23.4 Å². The van der Waals surface area contributed by atoms with Gasteiger partial charge in [-0.2, -0.15) is 11.8 Å². The molecule has 0 spiro atoms. The number of rotatable bonds is 2. The van der Waals surface area contributed by atoms with Gasteiger partial charge >= 0.3 is 0 Å². The molecule has 4 heteroatoms. The standard InChI is InChI=1S/C12H15ClFNS/c1-8-11(3-2-6-16-8)15-12-7-9(14)4-5-10(12)13/h4-5,7-8,11,15H,2-3,6H2,1H3. The summed E-state index contributed by atoms with van der Waals surface area (Å²) in [5.74, 6) is 0.971. The quantitative estimate of drug-likeness (QED) is 0.855. The van der Waals surface area contributed by atoms with E-state index in [2.05, 4.69) is 12.2 Å². The van der Waals surface area contributed by atoms with E-state index in [1.165, 1.54) is 24.3 Å². The lowest BCUT2D eigenvalue weighted by atomic mass is 10.1. The molecule has 88 valence electrons. The van der Waals surface area contributed by atoms with Crippen molar-refractivity contribution in [3.63, 3.8) is 0 Å². The van der Waals surface area contributed by atoms with Crippen LogP contribution in [-0.2, 0) is 0 Å². The van der Waals surface area contributed by atoms with Crippen molar-refractivity contribution >= 4 is 29.1 Å². The van der Waals surface area contributed by atoms with Gasteiger partial charge in [0.2, 0.25) is 0 Å². The van der Waals surface area contributed by atoms with E-state index in [1.54, 1.807) is 6.07 Å². The summed E-state index contributed by atoms with van der Waals surface area (Å²) in [6.45, 7) is 2.20. The molecule has 1 N–H and O–H groups in total. The summed E-state index contributed by atoms with van der Waals surface area (Å²) >= 11 is 7.98. The van der Waals surface area contributed by atoms with Crippen LogP contribution in [0.1, 0.15) is 19.8 Å². The summed E-state index contributed by atoms with van der Waals surface area (Å²) in [4.78, 5) is 0. The predicted octanol–water partition coefficient (Wildman–Crippen LogP) is 4.18. The number of halogens is 2. The van der Waals surface area contributed by atoms with Gasteiger partial charge in [-0.15, -0.1) is 0 Å². The van der Waals surface area contributed by atoms with Crippen LogP contribution in [0.2, 0.25) is 5.02 Å². The Morgan fingerprint density at radius 3 is 3.06 bits per heavy atom. The van der Waals surface area contributed by atoms with Crippen molar-refractivity contribution in [2.45, 2.75) is 31.1 Å². The average molecular weight is 260 g/mol. The molecule has 16 heavy (non-hydrogen) atoms. The molecule has 0 aliphatic carbocycles. The molecule has 1 aromatic carbocycles. The summed E-state index contributed by atoms with van der Waals surface area (Å²) in [5.41, 5.74) is 0.709. The minimum absolute atomic E-state index is 0.247. The normalized spacial score (nSPS) is 25.4. The second-order valence-electron chi connectivity index (χ2n) is 4.09. The SMILES string of the molecule is CC1SCCCC1Nc1cc(F)ccc1Cl. The first-order valence-electron chi connectivity index (χ1n) is 5.50. The zero-order valence-corrected chi connectivity index (χ0v) is 10.7. The molecule has 0 bridgehead atoms. The van der Waals surface area contributed by atoms with Crippen LogP contribution in [0.3, 0.4) is 0 Å². The van der Waals surface area contributed by atoms with Crippen molar-refractivity contribution < 1.29 is 4.39 Å². The highest BCUT2D eigenvalue weighted by Gasteiger charge is 2.22. The predicted molar refractivity (Wildman–Crippen MR) is 70.0 cm³/mol. The average Bonchev–Trinajstić information content (AvgIpc) is 2.27. The monoisotopic (exact) mass is 259 g/mol. The van der Waals surface area contributed by atoms with Crippen LogP contribution in [0.5, 0.6) is 0 Å². The number of hydrogen-bond donors (Lipinski definition) is 1. The molecule has 1 aliphatic heterocycles. The van der Waals surface area contributed by atoms with Crippen LogP contribution in [0, 0.1) is 5.82 Å². The summed E-state index contributed by atoms with van der Waals surface area (Å²) in [6, 6.07) is 4.83. The number of hydrogen-bond acceptors (Lipinski definition) is 2. The van der Waals surface area contributed by atoms with Gasteiger partial charge in [0.25, 0.3) is 0 Å². The van der Waals surface area contributed by atoms with E-state index in [9.17, 15) is 4.39 Å². The first-order valence-corrected chi connectivity index (χ1v) is 6.92. The van der Waals surface area contributed by atoms with Gasteiger partial charge in [0.1, 0.15) is 5.82 Å². The van der Waals surface area contributed by atoms with Crippen molar-refractivity contribution in [3.8, 4) is 0 Å². The third kappa shape index (κ3) is 2.83. The lowest BCUT2D eigenvalue weighted by molar-refractivity contribution is 0.611. The molecule has 0 radical (unpaired) electrons. The van der Waals surface area contributed by atoms with Crippen LogP contribution in [0.4, 0.5) is 10.1 Å². The van der Waals surface area contributed by atoms with Crippen LogP contribution in [0.25, 0.3) is 0 Å². The van der Waals surface area contributed by atoms with E-state index in [0.29, 0.717) is 22.0 Å². The molecule has 1 aliphatic rings. The van der Waals surface area contributed by atoms with Gasteiger partial charge in [-0.05, 0) is 36.8 Å². The fourth-order valence-electron chi connectivity index (χ4n) is 1.92. The Bertz CT molecular complexity index is 372. The molecule has 0 amide bonds. The number of benzene rings is 1. The van der Waals surface area contributed by atoms with Gasteiger partial charge in [0.15, 0.2) is 0 Å². The van der Waals surface area contributed by atoms with E-state index in [4.69, 9.17) is 11.6 Å². The Kier molecular flexibility index (Phi) is 3.98. The molecular weight excluding hydrogens is 245 g/mol. The highest BCUT2D eigenvalue weighted by atomic mass is 35.5. The first kappa shape index (κ1) is 12.1. The summed E-state index contributed by atoms with van der Waals surface area (Å²) in [5, 5.41) is 4.48.